The lowest BCUT2D eigenvalue weighted by atomic mass is 9.98. The van der Waals surface area contributed by atoms with Crippen LogP contribution in [0.5, 0.6) is 0 Å². The zero-order valence-electron chi connectivity index (χ0n) is 9.10. The summed E-state index contributed by atoms with van der Waals surface area (Å²) in [5.74, 6) is -1.37. The Morgan fingerprint density at radius 1 is 1.53 bits per heavy atom. The number of amides is 1. The van der Waals surface area contributed by atoms with Crippen molar-refractivity contribution < 1.29 is 19.4 Å². The Morgan fingerprint density at radius 3 is 2.73 bits per heavy atom. The third-order valence-corrected chi connectivity index (χ3v) is 2.78. The number of carbonyl (C=O) groups is 2. The van der Waals surface area contributed by atoms with E-state index in [0.29, 0.717) is 19.5 Å². The monoisotopic (exact) mass is 215 g/mol. The topological polar surface area (TPSA) is 66.8 Å². The van der Waals surface area contributed by atoms with Crippen molar-refractivity contribution in [3.05, 3.63) is 0 Å². The molecule has 0 aromatic heterocycles. The minimum Gasteiger partial charge on any atom is -0.481 e. The van der Waals surface area contributed by atoms with Crippen molar-refractivity contribution in [2.45, 2.75) is 25.9 Å². The standard InChI is InChI=1S/C10H17NO4/c1-7(15-2)9(12)11-5-3-4-8(6-11)10(13)14/h7-8H,3-6H2,1-2H3,(H,13,14)/t7?,8-/m1/s1. The molecule has 1 unspecified atom stereocenters. The van der Waals surface area contributed by atoms with Gasteiger partial charge >= 0.3 is 5.97 Å². The molecule has 5 nitrogen and oxygen atoms in total. The maximum atomic E-state index is 11.7. The van der Waals surface area contributed by atoms with Gasteiger partial charge in [-0.15, -0.1) is 0 Å². The van der Waals surface area contributed by atoms with Crippen molar-refractivity contribution in [3.63, 3.8) is 0 Å². The molecule has 1 aliphatic heterocycles. The smallest absolute Gasteiger partial charge is 0.308 e. The second-order valence-electron chi connectivity index (χ2n) is 3.84. The molecule has 86 valence electrons. The molecule has 1 fully saturated rings. The Morgan fingerprint density at radius 2 is 2.20 bits per heavy atom. The number of aliphatic carboxylic acids is 1. The van der Waals surface area contributed by atoms with Crippen LogP contribution in [-0.4, -0.2) is 48.2 Å². The van der Waals surface area contributed by atoms with E-state index in [1.165, 1.54) is 7.11 Å². The number of likely N-dealkylation sites (tertiary alicyclic amines) is 1. The van der Waals surface area contributed by atoms with Crippen molar-refractivity contribution >= 4 is 11.9 Å². The summed E-state index contributed by atoms with van der Waals surface area (Å²) >= 11 is 0. The Balaban J connectivity index is 2.56. The van der Waals surface area contributed by atoms with Gasteiger partial charge in [-0.25, -0.2) is 0 Å². The zero-order chi connectivity index (χ0) is 11.4. The average Bonchev–Trinajstić information content (AvgIpc) is 2.27. The summed E-state index contributed by atoms with van der Waals surface area (Å²) < 4.78 is 4.92. The molecule has 1 amide bonds. The quantitative estimate of drug-likeness (QED) is 0.737. The Bertz CT molecular complexity index is 254. The molecule has 2 atom stereocenters. The van der Waals surface area contributed by atoms with Crippen LogP contribution in [0.15, 0.2) is 0 Å². The van der Waals surface area contributed by atoms with E-state index in [9.17, 15) is 9.59 Å². The van der Waals surface area contributed by atoms with E-state index >= 15 is 0 Å². The van der Waals surface area contributed by atoms with Crippen LogP contribution < -0.4 is 0 Å². The molecule has 1 aliphatic rings. The zero-order valence-corrected chi connectivity index (χ0v) is 9.10. The number of ether oxygens (including phenoxy) is 1. The number of piperidine rings is 1. The van der Waals surface area contributed by atoms with Gasteiger partial charge in [-0.1, -0.05) is 0 Å². The van der Waals surface area contributed by atoms with Crippen molar-refractivity contribution in [2.24, 2.45) is 5.92 Å². The molecule has 1 saturated heterocycles. The van der Waals surface area contributed by atoms with Gasteiger partial charge in [0.15, 0.2) is 0 Å². The maximum Gasteiger partial charge on any atom is 0.308 e. The van der Waals surface area contributed by atoms with E-state index in [1.54, 1.807) is 11.8 Å². The first-order valence-electron chi connectivity index (χ1n) is 5.10. The van der Waals surface area contributed by atoms with Crippen LogP contribution in [0.1, 0.15) is 19.8 Å². The van der Waals surface area contributed by atoms with Crippen molar-refractivity contribution in [3.8, 4) is 0 Å². The normalized spacial score (nSPS) is 23.6. The first-order valence-corrected chi connectivity index (χ1v) is 5.10. The molecule has 0 saturated carbocycles. The van der Waals surface area contributed by atoms with Crippen LogP contribution >= 0.6 is 0 Å². The fraction of sp³-hybridized carbons (Fsp3) is 0.800. The molecule has 1 rings (SSSR count). The van der Waals surface area contributed by atoms with Crippen LogP contribution in [-0.2, 0) is 14.3 Å². The number of methoxy groups -OCH3 is 1. The van der Waals surface area contributed by atoms with Crippen molar-refractivity contribution in [2.75, 3.05) is 20.2 Å². The third-order valence-electron chi connectivity index (χ3n) is 2.78. The van der Waals surface area contributed by atoms with Gasteiger partial charge in [-0.3, -0.25) is 9.59 Å². The maximum absolute atomic E-state index is 11.7. The molecule has 0 radical (unpaired) electrons. The number of carboxylic acids is 1. The van der Waals surface area contributed by atoms with Crippen molar-refractivity contribution in [1.29, 1.82) is 0 Å². The summed E-state index contributed by atoms with van der Waals surface area (Å²) in [4.78, 5) is 24.1. The lowest BCUT2D eigenvalue weighted by molar-refractivity contribution is -0.149. The van der Waals surface area contributed by atoms with E-state index in [-0.39, 0.29) is 5.91 Å². The lowest BCUT2D eigenvalue weighted by Gasteiger charge is -2.32. The minimum absolute atomic E-state index is 0.122. The average molecular weight is 215 g/mol. The predicted molar refractivity (Wildman–Crippen MR) is 53.4 cm³/mol. The highest BCUT2D eigenvalue weighted by molar-refractivity contribution is 5.81. The van der Waals surface area contributed by atoms with E-state index in [1.807, 2.05) is 0 Å². The highest BCUT2D eigenvalue weighted by Crippen LogP contribution is 2.17. The second-order valence-corrected chi connectivity index (χ2v) is 3.84. The molecule has 5 heteroatoms. The van der Waals surface area contributed by atoms with Crippen LogP contribution in [0.25, 0.3) is 0 Å². The molecule has 0 bridgehead atoms. The molecule has 1 heterocycles. The predicted octanol–water partition coefficient (Wildman–Crippen LogP) is 0.344. The highest BCUT2D eigenvalue weighted by atomic mass is 16.5. The van der Waals surface area contributed by atoms with Gasteiger partial charge in [0.05, 0.1) is 5.92 Å². The molecular formula is C10H17NO4. The van der Waals surface area contributed by atoms with Crippen LogP contribution in [0.4, 0.5) is 0 Å². The van der Waals surface area contributed by atoms with Gasteiger partial charge < -0.3 is 14.7 Å². The van der Waals surface area contributed by atoms with E-state index in [4.69, 9.17) is 9.84 Å². The van der Waals surface area contributed by atoms with Crippen LogP contribution in [0, 0.1) is 5.92 Å². The number of rotatable bonds is 3. The minimum atomic E-state index is -0.822. The van der Waals surface area contributed by atoms with E-state index < -0.39 is 18.0 Å². The largest absolute Gasteiger partial charge is 0.481 e. The van der Waals surface area contributed by atoms with Gasteiger partial charge in [0.1, 0.15) is 6.10 Å². The summed E-state index contributed by atoms with van der Waals surface area (Å²) in [6.07, 6.45) is 0.914. The number of carbonyl (C=O) groups excluding carboxylic acids is 1. The summed E-state index contributed by atoms with van der Waals surface area (Å²) in [6.45, 7) is 2.62. The summed E-state index contributed by atoms with van der Waals surface area (Å²) in [7, 11) is 1.47. The van der Waals surface area contributed by atoms with Gasteiger partial charge in [0.25, 0.3) is 5.91 Å². The Hall–Kier alpha value is -1.10. The van der Waals surface area contributed by atoms with Gasteiger partial charge in [-0.05, 0) is 19.8 Å². The molecule has 0 aromatic carbocycles. The third kappa shape index (κ3) is 2.92. The van der Waals surface area contributed by atoms with E-state index in [0.717, 1.165) is 6.42 Å². The molecule has 0 aliphatic carbocycles. The number of hydrogen-bond donors (Lipinski definition) is 1. The SMILES string of the molecule is COC(C)C(=O)N1CCC[C@@H](C(=O)O)C1. The number of carboxylic acid groups (broad SMARTS) is 1. The van der Waals surface area contributed by atoms with Crippen LogP contribution in [0.2, 0.25) is 0 Å². The summed E-state index contributed by atoms with van der Waals surface area (Å²) in [5.41, 5.74) is 0. The Kier molecular flexibility index (Phi) is 4.08. The number of nitrogens with zero attached hydrogens (tertiary/aromatic N) is 1. The molecule has 15 heavy (non-hydrogen) atoms. The van der Waals surface area contributed by atoms with Crippen molar-refractivity contribution in [1.82, 2.24) is 4.90 Å². The first kappa shape index (κ1) is 12.0. The highest BCUT2D eigenvalue weighted by Gasteiger charge is 2.29. The number of hydrogen-bond acceptors (Lipinski definition) is 3. The Labute approximate surface area is 89.0 Å². The van der Waals surface area contributed by atoms with Gasteiger partial charge in [0, 0.05) is 20.2 Å². The van der Waals surface area contributed by atoms with Gasteiger partial charge in [0.2, 0.25) is 0 Å². The first-order chi connectivity index (χ1) is 7.06. The fourth-order valence-corrected chi connectivity index (χ4v) is 1.74. The fourth-order valence-electron chi connectivity index (χ4n) is 1.74. The van der Waals surface area contributed by atoms with Gasteiger partial charge in [-0.2, -0.15) is 0 Å². The molecular weight excluding hydrogens is 198 g/mol. The summed E-state index contributed by atoms with van der Waals surface area (Å²) in [6, 6.07) is 0. The summed E-state index contributed by atoms with van der Waals surface area (Å²) in [5, 5.41) is 8.86. The second kappa shape index (κ2) is 5.11. The molecule has 1 N–H and O–H groups in total. The molecule has 0 aromatic rings. The molecule has 0 spiro atoms. The lowest BCUT2D eigenvalue weighted by Crippen LogP contribution is -2.46. The van der Waals surface area contributed by atoms with Crippen LogP contribution in [0.3, 0.4) is 0 Å². The van der Waals surface area contributed by atoms with E-state index in [2.05, 4.69) is 0 Å².